The van der Waals surface area contributed by atoms with Gasteiger partial charge in [0, 0.05) is 13.0 Å². The van der Waals surface area contributed by atoms with Gasteiger partial charge >= 0.3 is 6.03 Å². The zero-order valence-electron chi connectivity index (χ0n) is 12.6. The molecule has 2 aromatic rings. The normalized spacial score (nSPS) is 25.5. The minimum Gasteiger partial charge on any atom is -0.390 e. The number of aryl methyl sites for hydroxylation is 1. The summed E-state index contributed by atoms with van der Waals surface area (Å²) in [7, 11) is 0. The second kappa shape index (κ2) is 5.66. The monoisotopic (exact) mass is 313 g/mol. The molecule has 1 aromatic heterocycles. The first-order chi connectivity index (χ1) is 11.2. The number of urea groups is 1. The lowest BCUT2D eigenvalue weighted by atomic mass is 10.1. The fourth-order valence-corrected chi connectivity index (χ4v) is 3.52. The Morgan fingerprint density at radius 2 is 2.17 bits per heavy atom. The van der Waals surface area contributed by atoms with E-state index < -0.39 is 6.10 Å². The van der Waals surface area contributed by atoms with Crippen LogP contribution < -0.4 is 10.6 Å². The fourth-order valence-electron chi connectivity index (χ4n) is 3.52. The number of aliphatic hydroxyl groups excluding tert-OH is 1. The Morgan fingerprint density at radius 3 is 3.09 bits per heavy atom. The standard InChI is InChI=1S/C16H19N5O2/c22-13-8-10-4-1-2-5-11(10)14(13)20-16(23)19-12-6-3-7-21-15(12)17-9-18-21/h1-2,4-5,9,12-14,22H,3,6-8H2,(H2,19,20,23). The van der Waals surface area contributed by atoms with Crippen LogP contribution in [-0.2, 0) is 13.0 Å². The Hall–Kier alpha value is -2.41. The van der Waals surface area contributed by atoms with Crippen molar-refractivity contribution in [2.24, 2.45) is 0 Å². The van der Waals surface area contributed by atoms with Gasteiger partial charge in [-0.25, -0.2) is 14.5 Å². The maximum Gasteiger partial charge on any atom is 0.315 e. The van der Waals surface area contributed by atoms with E-state index in [1.807, 2.05) is 28.9 Å². The highest BCUT2D eigenvalue weighted by molar-refractivity contribution is 5.75. The van der Waals surface area contributed by atoms with Crippen molar-refractivity contribution in [1.82, 2.24) is 25.4 Å². The molecular weight excluding hydrogens is 294 g/mol. The van der Waals surface area contributed by atoms with Crippen LogP contribution in [0, 0.1) is 0 Å². The lowest BCUT2D eigenvalue weighted by Gasteiger charge is -2.25. The second-order valence-corrected chi connectivity index (χ2v) is 6.10. The molecule has 3 atom stereocenters. The van der Waals surface area contributed by atoms with Gasteiger partial charge in [-0.15, -0.1) is 0 Å². The van der Waals surface area contributed by atoms with Gasteiger partial charge in [0.2, 0.25) is 0 Å². The predicted molar refractivity (Wildman–Crippen MR) is 82.6 cm³/mol. The lowest BCUT2D eigenvalue weighted by Crippen LogP contribution is -2.43. The molecule has 3 N–H and O–H groups in total. The largest absolute Gasteiger partial charge is 0.390 e. The summed E-state index contributed by atoms with van der Waals surface area (Å²) in [5.41, 5.74) is 2.07. The quantitative estimate of drug-likeness (QED) is 0.773. The molecule has 1 aromatic carbocycles. The Balaban J connectivity index is 1.46. The van der Waals surface area contributed by atoms with Gasteiger partial charge in [-0.2, -0.15) is 5.10 Å². The van der Waals surface area contributed by atoms with Gasteiger partial charge in [0.1, 0.15) is 12.2 Å². The van der Waals surface area contributed by atoms with Crippen molar-refractivity contribution in [3.05, 3.63) is 47.5 Å². The molecule has 0 saturated carbocycles. The molecule has 0 saturated heterocycles. The first-order valence-corrected chi connectivity index (χ1v) is 7.93. The van der Waals surface area contributed by atoms with Gasteiger partial charge in [0.15, 0.2) is 0 Å². The Kier molecular flexibility index (Phi) is 3.49. The highest BCUT2D eigenvalue weighted by atomic mass is 16.3. The molecule has 7 heteroatoms. The van der Waals surface area contributed by atoms with Crippen LogP contribution in [0.3, 0.4) is 0 Å². The van der Waals surface area contributed by atoms with Crippen LogP contribution in [0.1, 0.15) is 41.9 Å². The average Bonchev–Trinajstić information content (AvgIpc) is 3.13. The SMILES string of the molecule is O=C(NC1CCCn2ncnc21)NC1c2ccccc2CC1O. The van der Waals surface area contributed by atoms with Crippen molar-refractivity contribution in [2.75, 3.05) is 0 Å². The summed E-state index contributed by atoms with van der Waals surface area (Å²) in [5.74, 6) is 0.791. The zero-order chi connectivity index (χ0) is 15.8. The molecule has 0 spiro atoms. The number of fused-ring (bicyclic) bond motifs is 2. The van der Waals surface area contributed by atoms with Crippen LogP contribution in [0.15, 0.2) is 30.6 Å². The van der Waals surface area contributed by atoms with E-state index in [2.05, 4.69) is 20.7 Å². The molecule has 7 nitrogen and oxygen atoms in total. The van der Waals surface area contributed by atoms with Crippen LogP contribution in [0.2, 0.25) is 0 Å². The van der Waals surface area contributed by atoms with E-state index in [4.69, 9.17) is 0 Å². The molecule has 3 unspecified atom stereocenters. The van der Waals surface area contributed by atoms with E-state index in [0.29, 0.717) is 6.42 Å². The Morgan fingerprint density at radius 1 is 1.30 bits per heavy atom. The summed E-state index contributed by atoms with van der Waals surface area (Å²) < 4.78 is 1.83. The maximum absolute atomic E-state index is 12.4. The third-order valence-corrected chi connectivity index (χ3v) is 4.62. The van der Waals surface area contributed by atoms with Crippen molar-refractivity contribution in [3.63, 3.8) is 0 Å². The number of nitrogens with one attached hydrogen (secondary N) is 2. The number of aliphatic hydroxyl groups is 1. The van der Waals surface area contributed by atoms with E-state index in [-0.39, 0.29) is 18.1 Å². The highest BCUT2D eigenvalue weighted by Crippen LogP contribution is 2.31. The summed E-state index contributed by atoms with van der Waals surface area (Å²) in [6, 6.07) is 7.02. The number of amides is 2. The predicted octanol–water partition coefficient (Wildman–Crippen LogP) is 1.07. The maximum atomic E-state index is 12.4. The third-order valence-electron chi connectivity index (χ3n) is 4.62. The van der Waals surface area contributed by atoms with Crippen LogP contribution in [0.4, 0.5) is 4.79 Å². The Labute approximate surface area is 133 Å². The molecule has 2 aliphatic rings. The number of hydrogen-bond acceptors (Lipinski definition) is 4. The van der Waals surface area contributed by atoms with Crippen molar-refractivity contribution < 1.29 is 9.90 Å². The smallest absolute Gasteiger partial charge is 0.315 e. The number of aromatic nitrogens is 3. The van der Waals surface area contributed by atoms with E-state index in [1.165, 1.54) is 6.33 Å². The first kappa shape index (κ1) is 14.2. The molecule has 0 fully saturated rings. The third kappa shape index (κ3) is 2.57. The van der Waals surface area contributed by atoms with Gasteiger partial charge in [0.05, 0.1) is 18.2 Å². The van der Waals surface area contributed by atoms with Crippen molar-refractivity contribution in [3.8, 4) is 0 Å². The number of carbonyl (C=O) groups is 1. The molecule has 0 bridgehead atoms. The lowest BCUT2D eigenvalue weighted by molar-refractivity contribution is 0.141. The minimum absolute atomic E-state index is 0.139. The van der Waals surface area contributed by atoms with Gasteiger partial charge in [0.25, 0.3) is 0 Å². The van der Waals surface area contributed by atoms with E-state index in [0.717, 1.165) is 36.3 Å². The van der Waals surface area contributed by atoms with Crippen molar-refractivity contribution >= 4 is 6.03 Å². The molecule has 4 rings (SSSR count). The van der Waals surface area contributed by atoms with Gasteiger partial charge in [-0.1, -0.05) is 24.3 Å². The molecule has 2 amide bonds. The number of benzene rings is 1. The van der Waals surface area contributed by atoms with Crippen LogP contribution >= 0.6 is 0 Å². The second-order valence-electron chi connectivity index (χ2n) is 6.10. The Bertz CT molecular complexity index is 729. The summed E-state index contributed by atoms with van der Waals surface area (Å²) in [4.78, 5) is 16.6. The number of rotatable bonds is 2. The van der Waals surface area contributed by atoms with Crippen LogP contribution in [0.25, 0.3) is 0 Å². The van der Waals surface area contributed by atoms with E-state index in [1.54, 1.807) is 0 Å². The molecule has 120 valence electrons. The summed E-state index contributed by atoms with van der Waals surface area (Å²) in [6.45, 7) is 0.837. The van der Waals surface area contributed by atoms with E-state index >= 15 is 0 Å². The van der Waals surface area contributed by atoms with Crippen LogP contribution in [-0.4, -0.2) is 32.0 Å². The fraction of sp³-hybridized carbons (Fsp3) is 0.438. The number of carbonyl (C=O) groups excluding carboxylic acids is 1. The molecule has 1 aliphatic carbocycles. The topological polar surface area (TPSA) is 92.1 Å². The number of nitrogens with zero attached hydrogens (tertiary/aromatic N) is 3. The van der Waals surface area contributed by atoms with Crippen LogP contribution in [0.5, 0.6) is 0 Å². The summed E-state index contributed by atoms with van der Waals surface area (Å²) in [5, 5.41) is 20.2. The first-order valence-electron chi connectivity index (χ1n) is 7.93. The van der Waals surface area contributed by atoms with Gasteiger partial charge in [-0.3, -0.25) is 0 Å². The average molecular weight is 313 g/mol. The molecule has 0 radical (unpaired) electrons. The molecule has 2 heterocycles. The van der Waals surface area contributed by atoms with Crippen molar-refractivity contribution in [2.45, 2.75) is 44.0 Å². The molecular formula is C16H19N5O2. The number of hydrogen-bond donors (Lipinski definition) is 3. The highest BCUT2D eigenvalue weighted by Gasteiger charge is 2.33. The van der Waals surface area contributed by atoms with E-state index in [9.17, 15) is 9.90 Å². The zero-order valence-corrected chi connectivity index (χ0v) is 12.6. The van der Waals surface area contributed by atoms with Crippen molar-refractivity contribution in [1.29, 1.82) is 0 Å². The van der Waals surface area contributed by atoms with Gasteiger partial charge < -0.3 is 15.7 Å². The molecule has 1 aliphatic heterocycles. The summed E-state index contributed by atoms with van der Waals surface area (Å²) >= 11 is 0. The summed E-state index contributed by atoms with van der Waals surface area (Å²) in [6.07, 6.45) is 3.29. The molecule has 23 heavy (non-hydrogen) atoms. The van der Waals surface area contributed by atoms with Gasteiger partial charge in [-0.05, 0) is 24.0 Å². The minimum atomic E-state index is -0.590.